The summed E-state index contributed by atoms with van der Waals surface area (Å²) in [5.74, 6) is 0. The minimum atomic E-state index is -0.455. The zero-order valence-electron chi connectivity index (χ0n) is 13.2. The van der Waals surface area contributed by atoms with Crippen molar-refractivity contribution in [3.63, 3.8) is 0 Å². The Morgan fingerprint density at radius 3 is 2.70 bits per heavy atom. The monoisotopic (exact) mass is 281 g/mol. The van der Waals surface area contributed by atoms with Crippen molar-refractivity contribution in [3.05, 3.63) is 24.0 Å². The van der Waals surface area contributed by atoms with Gasteiger partial charge in [-0.05, 0) is 46.2 Å². The lowest BCUT2D eigenvalue weighted by Gasteiger charge is -2.21. The van der Waals surface area contributed by atoms with Gasteiger partial charge in [0.25, 0.3) is 0 Å². The Labute approximate surface area is 121 Å². The molecule has 20 heavy (non-hydrogen) atoms. The number of ether oxygens (including phenoxy) is 1. The maximum absolute atomic E-state index is 11.5. The van der Waals surface area contributed by atoms with Crippen LogP contribution in [0.2, 0.25) is 0 Å². The maximum atomic E-state index is 11.5. The third-order valence-electron chi connectivity index (χ3n) is 2.78. The number of hydrogen-bond donors (Lipinski definition) is 2. The number of amides is 1. The molecule has 0 aromatic carbocycles. The Kier molecular flexibility index (Phi) is 6.07. The van der Waals surface area contributed by atoms with Crippen molar-refractivity contribution in [2.75, 3.05) is 6.54 Å². The Hall–Kier alpha value is -1.49. The second kappa shape index (κ2) is 7.33. The van der Waals surface area contributed by atoms with Crippen LogP contribution in [0, 0.1) is 0 Å². The summed E-state index contributed by atoms with van der Waals surface area (Å²) >= 11 is 0. The molecule has 0 saturated heterocycles. The normalized spacial score (nSPS) is 13.1. The molecule has 0 spiro atoms. The standard InChI is InChI=1S/C15H27N3O2/c1-6-18-8-7-13(11-18)10-16-12(2)9-17-14(19)20-15(3,4)5/h7-8,11-12,16H,6,9-10H2,1-5H3,(H,17,19). The third kappa shape index (κ3) is 6.61. The van der Waals surface area contributed by atoms with Gasteiger partial charge in [-0.3, -0.25) is 0 Å². The Morgan fingerprint density at radius 2 is 2.15 bits per heavy atom. The molecule has 1 heterocycles. The molecule has 0 aliphatic rings. The minimum absolute atomic E-state index is 0.187. The van der Waals surface area contributed by atoms with Gasteiger partial charge < -0.3 is 19.9 Å². The first-order valence-corrected chi connectivity index (χ1v) is 7.15. The summed E-state index contributed by atoms with van der Waals surface area (Å²) in [6.07, 6.45) is 3.82. The highest BCUT2D eigenvalue weighted by molar-refractivity contribution is 5.67. The molecule has 114 valence electrons. The maximum Gasteiger partial charge on any atom is 0.407 e. The molecule has 0 aliphatic carbocycles. The fourth-order valence-electron chi connectivity index (χ4n) is 1.71. The third-order valence-corrected chi connectivity index (χ3v) is 2.78. The van der Waals surface area contributed by atoms with E-state index in [2.05, 4.69) is 40.6 Å². The SMILES string of the molecule is CCn1ccc(CNC(C)CNC(=O)OC(C)(C)C)c1. The number of rotatable bonds is 6. The zero-order valence-corrected chi connectivity index (χ0v) is 13.2. The summed E-state index contributed by atoms with van der Waals surface area (Å²) in [5.41, 5.74) is 0.792. The summed E-state index contributed by atoms with van der Waals surface area (Å²) in [4.78, 5) is 11.5. The topological polar surface area (TPSA) is 55.3 Å². The van der Waals surface area contributed by atoms with E-state index in [1.165, 1.54) is 5.56 Å². The molecular formula is C15H27N3O2. The van der Waals surface area contributed by atoms with Crippen molar-refractivity contribution >= 4 is 6.09 Å². The minimum Gasteiger partial charge on any atom is -0.444 e. The van der Waals surface area contributed by atoms with Crippen molar-refractivity contribution in [1.29, 1.82) is 0 Å². The predicted molar refractivity (Wildman–Crippen MR) is 80.6 cm³/mol. The lowest BCUT2D eigenvalue weighted by atomic mass is 10.2. The van der Waals surface area contributed by atoms with Gasteiger partial charge in [-0.2, -0.15) is 0 Å². The highest BCUT2D eigenvalue weighted by atomic mass is 16.6. The van der Waals surface area contributed by atoms with Gasteiger partial charge in [-0.1, -0.05) is 0 Å². The molecule has 5 nitrogen and oxygen atoms in total. The van der Waals surface area contributed by atoms with Crippen LogP contribution in [0.25, 0.3) is 0 Å². The van der Waals surface area contributed by atoms with E-state index in [1.807, 2.05) is 27.7 Å². The summed E-state index contributed by atoms with van der Waals surface area (Å²) in [7, 11) is 0. The first kappa shape index (κ1) is 16.6. The van der Waals surface area contributed by atoms with Gasteiger partial charge in [0.05, 0.1) is 0 Å². The van der Waals surface area contributed by atoms with Gasteiger partial charge in [0, 0.05) is 38.1 Å². The largest absolute Gasteiger partial charge is 0.444 e. The average Bonchev–Trinajstić information content (AvgIpc) is 2.79. The Balaban J connectivity index is 2.23. The molecule has 2 N–H and O–H groups in total. The van der Waals surface area contributed by atoms with E-state index in [0.717, 1.165) is 13.1 Å². The van der Waals surface area contributed by atoms with Gasteiger partial charge in [0.1, 0.15) is 5.60 Å². The van der Waals surface area contributed by atoms with Crippen LogP contribution in [-0.2, 0) is 17.8 Å². The quantitative estimate of drug-likeness (QED) is 0.842. The second-order valence-corrected chi connectivity index (χ2v) is 6.01. The zero-order chi connectivity index (χ0) is 15.2. The van der Waals surface area contributed by atoms with Crippen LogP contribution in [-0.4, -0.2) is 28.8 Å². The molecule has 0 fully saturated rings. The van der Waals surface area contributed by atoms with Crippen LogP contribution < -0.4 is 10.6 Å². The molecule has 0 saturated carbocycles. The van der Waals surface area contributed by atoms with Crippen LogP contribution in [0.3, 0.4) is 0 Å². The van der Waals surface area contributed by atoms with E-state index >= 15 is 0 Å². The summed E-state index contributed by atoms with van der Waals surface area (Å²) in [6.45, 7) is 12.0. The number of alkyl carbamates (subject to hydrolysis) is 1. The van der Waals surface area contributed by atoms with E-state index in [1.54, 1.807) is 0 Å². The lowest BCUT2D eigenvalue weighted by molar-refractivity contribution is 0.0523. The van der Waals surface area contributed by atoms with E-state index in [-0.39, 0.29) is 12.1 Å². The van der Waals surface area contributed by atoms with E-state index in [9.17, 15) is 4.79 Å². The summed E-state index contributed by atoms with van der Waals surface area (Å²) in [6, 6.07) is 2.29. The van der Waals surface area contributed by atoms with Crippen molar-refractivity contribution in [2.45, 2.75) is 59.4 Å². The fourth-order valence-corrected chi connectivity index (χ4v) is 1.71. The van der Waals surface area contributed by atoms with Crippen molar-refractivity contribution in [2.24, 2.45) is 0 Å². The molecule has 0 aliphatic heterocycles. The number of aromatic nitrogens is 1. The highest BCUT2D eigenvalue weighted by Crippen LogP contribution is 2.06. The van der Waals surface area contributed by atoms with Crippen molar-refractivity contribution in [3.8, 4) is 0 Å². The highest BCUT2D eigenvalue weighted by Gasteiger charge is 2.16. The smallest absolute Gasteiger partial charge is 0.407 e. The van der Waals surface area contributed by atoms with Crippen LogP contribution in [0.5, 0.6) is 0 Å². The summed E-state index contributed by atoms with van der Waals surface area (Å²) in [5, 5.41) is 6.13. The fraction of sp³-hybridized carbons (Fsp3) is 0.667. The number of nitrogens with zero attached hydrogens (tertiary/aromatic N) is 1. The molecule has 1 aromatic heterocycles. The van der Waals surface area contributed by atoms with Crippen LogP contribution >= 0.6 is 0 Å². The van der Waals surface area contributed by atoms with Gasteiger partial charge in [-0.15, -0.1) is 0 Å². The molecule has 5 heteroatoms. The molecule has 1 rings (SSSR count). The van der Waals surface area contributed by atoms with Crippen LogP contribution in [0.15, 0.2) is 18.5 Å². The second-order valence-electron chi connectivity index (χ2n) is 6.01. The van der Waals surface area contributed by atoms with E-state index in [0.29, 0.717) is 6.54 Å². The van der Waals surface area contributed by atoms with E-state index in [4.69, 9.17) is 4.74 Å². The molecule has 1 aromatic rings. The average molecular weight is 281 g/mol. The molecule has 1 amide bonds. The lowest BCUT2D eigenvalue weighted by Crippen LogP contribution is -2.40. The van der Waals surface area contributed by atoms with Gasteiger partial charge >= 0.3 is 6.09 Å². The Morgan fingerprint density at radius 1 is 1.45 bits per heavy atom. The first-order chi connectivity index (χ1) is 9.30. The number of nitrogens with one attached hydrogen (secondary N) is 2. The summed E-state index contributed by atoms with van der Waals surface area (Å²) < 4.78 is 7.33. The first-order valence-electron chi connectivity index (χ1n) is 7.15. The number of hydrogen-bond acceptors (Lipinski definition) is 3. The molecular weight excluding hydrogens is 254 g/mol. The van der Waals surface area contributed by atoms with Crippen molar-refractivity contribution < 1.29 is 9.53 Å². The molecule has 0 bridgehead atoms. The molecule has 1 unspecified atom stereocenters. The van der Waals surface area contributed by atoms with Crippen LogP contribution in [0.1, 0.15) is 40.2 Å². The van der Waals surface area contributed by atoms with Gasteiger partial charge in [0.15, 0.2) is 0 Å². The molecule has 1 atom stereocenters. The van der Waals surface area contributed by atoms with Gasteiger partial charge in [0.2, 0.25) is 0 Å². The Bertz CT molecular complexity index is 421. The van der Waals surface area contributed by atoms with E-state index < -0.39 is 5.60 Å². The van der Waals surface area contributed by atoms with Crippen molar-refractivity contribution in [1.82, 2.24) is 15.2 Å². The van der Waals surface area contributed by atoms with Crippen LogP contribution in [0.4, 0.5) is 4.79 Å². The predicted octanol–water partition coefficient (Wildman–Crippen LogP) is 2.51. The number of carbonyl (C=O) groups is 1. The number of carbonyl (C=O) groups excluding carboxylic acids is 1. The number of aryl methyl sites for hydroxylation is 1. The molecule has 0 radical (unpaired) electrons. The van der Waals surface area contributed by atoms with Gasteiger partial charge in [-0.25, -0.2) is 4.79 Å².